The van der Waals surface area contributed by atoms with Crippen LogP contribution < -0.4 is 0 Å². The summed E-state index contributed by atoms with van der Waals surface area (Å²) in [7, 11) is 1.32. The van der Waals surface area contributed by atoms with E-state index in [0.29, 0.717) is 6.54 Å². The molecule has 1 aromatic rings. The second-order valence-corrected chi connectivity index (χ2v) is 4.58. The first-order valence-electron chi connectivity index (χ1n) is 6.67. The van der Waals surface area contributed by atoms with Gasteiger partial charge in [-0.2, -0.15) is 0 Å². The quantitative estimate of drug-likeness (QED) is 0.591. The van der Waals surface area contributed by atoms with Crippen LogP contribution in [-0.2, 0) is 14.3 Å². The Kier molecular flexibility index (Phi) is 6.50. The van der Waals surface area contributed by atoms with Crippen LogP contribution >= 0.6 is 0 Å². The fraction of sp³-hybridized carbons (Fsp3) is 0.375. The van der Waals surface area contributed by atoms with Crippen LogP contribution in [0.4, 0.5) is 0 Å². The zero-order valence-corrected chi connectivity index (χ0v) is 12.3. The molecule has 1 aromatic carbocycles. The minimum absolute atomic E-state index is 0.0125. The zero-order chi connectivity index (χ0) is 15.0. The van der Waals surface area contributed by atoms with Gasteiger partial charge in [0.05, 0.1) is 7.11 Å². The molecule has 4 nitrogen and oxygen atoms in total. The summed E-state index contributed by atoms with van der Waals surface area (Å²) >= 11 is 0. The fourth-order valence-corrected chi connectivity index (χ4v) is 1.71. The van der Waals surface area contributed by atoms with Crippen molar-refractivity contribution >= 4 is 18.0 Å². The average Bonchev–Trinajstić information content (AvgIpc) is 2.45. The van der Waals surface area contributed by atoms with Crippen molar-refractivity contribution in [3.8, 4) is 0 Å². The Bertz CT molecular complexity index is 477. The molecule has 0 radical (unpaired) electrons. The molecule has 0 fully saturated rings. The van der Waals surface area contributed by atoms with E-state index in [9.17, 15) is 9.59 Å². The van der Waals surface area contributed by atoms with E-state index in [-0.39, 0.29) is 12.5 Å². The van der Waals surface area contributed by atoms with Crippen LogP contribution in [0.3, 0.4) is 0 Å². The first kappa shape index (κ1) is 16.0. The van der Waals surface area contributed by atoms with E-state index in [1.165, 1.54) is 23.6 Å². The third kappa shape index (κ3) is 5.26. The maximum absolute atomic E-state index is 12.1. The molecule has 0 aliphatic carbocycles. The highest BCUT2D eigenvalue weighted by atomic mass is 16.5. The van der Waals surface area contributed by atoms with Crippen LogP contribution in [0.2, 0.25) is 0 Å². The number of amides is 1. The number of methoxy groups -OCH3 is 1. The second kappa shape index (κ2) is 8.15. The van der Waals surface area contributed by atoms with Gasteiger partial charge in [0.1, 0.15) is 6.54 Å². The molecule has 0 aliphatic heterocycles. The van der Waals surface area contributed by atoms with Crippen LogP contribution in [0.25, 0.3) is 6.08 Å². The number of carbonyl (C=O) groups is 2. The van der Waals surface area contributed by atoms with E-state index in [4.69, 9.17) is 0 Å². The molecule has 108 valence electrons. The van der Waals surface area contributed by atoms with Gasteiger partial charge in [0, 0.05) is 12.6 Å². The van der Waals surface area contributed by atoms with Gasteiger partial charge in [-0.15, -0.1) is 0 Å². The predicted molar refractivity (Wildman–Crippen MR) is 79.1 cm³/mol. The summed E-state index contributed by atoms with van der Waals surface area (Å²) in [6.07, 6.45) is 4.03. The second-order valence-electron chi connectivity index (χ2n) is 4.58. The van der Waals surface area contributed by atoms with E-state index < -0.39 is 5.97 Å². The lowest BCUT2D eigenvalue weighted by Crippen LogP contribution is -2.35. The summed E-state index contributed by atoms with van der Waals surface area (Å²) in [5.74, 6) is -0.589. The standard InChI is InChI=1S/C16H21NO3/c1-4-11-17(12-16(19)20-3)15(18)10-9-14-7-5-13(2)6-8-14/h5-10H,4,11-12H2,1-3H3. The maximum Gasteiger partial charge on any atom is 0.325 e. The molecule has 0 heterocycles. The Morgan fingerprint density at radius 1 is 1.25 bits per heavy atom. The molecule has 0 N–H and O–H groups in total. The minimum Gasteiger partial charge on any atom is -0.468 e. The Labute approximate surface area is 120 Å². The van der Waals surface area contributed by atoms with Gasteiger partial charge in [0.25, 0.3) is 0 Å². The van der Waals surface area contributed by atoms with Gasteiger partial charge in [-0.1, -0.05) is 36.8 Å². The Balaban J connectivity index is 2.69. The summed E-state index contributed by atoms with van der Waals surface area (Å²) in [6.45, 7) is 4.49. The third-order valence-electron chi connectivity index (χ3n) is 2.85. The molecule has 1 amide bonds. The molecule has 0 aromatic heterocycles. The topological polar surface area (TPSA) is 46.6 Å². The van der Waals surface area contributed by atoms with E-state index in [0.717, 1.165) is 12.0 Å². The van der Waals surface area contributed by atoms with E-state index >= 15 is 0 Å². The first-order chi connectivity index (χ1) is 9.56. The normalized spacial score (nSPS) is 10.6. The molecule has 0 bridgehead atoms. The van der Waals surface area contributed by atoms with Gasteiger partial charge in [0.15, 0.2) is 0 Å². The molecule has 1 rings (SSSR count). The maximum atomic E-state index is 12.1. The van der Waals surface area contributed by atoms with Crippen LogP contribution in [0.15, 0.2) is 30.3 Å². The number of aryl methyl sites for hydroxylation is 1. The SMILES string of the molecule is CCCN(CC(=O)OC)C(=O)C=Cc1ccc(C)cc1. The Hall–Kier alpha value is -2.10. The molecule has 0 atom stereocenters. The molecule has 0 unspecified atom stereocenters. The molecule has 0 saturated heterocycles. The van der Waals surface area contributed by atoms with Crippen molar-refractivity contribution in [2.75, 3.05) is 20.2 Å². The van der Waals surface area contributed by atoms with Gasteiger partial charge < -0.3 is 9.64 Å². The summed E-state index contributed by atoms with van der Waals surface area (Å²) in [6, 6.07) is 7.87. The molecular formula is C16H21NO3. The average molecular weight is 275 g/mol. The molecule has 20 heavy (non-hydrogen) atoms. The van der Waals surface area contributed by atoms with Gasteiger partial charge >= 0.3 is 5.97 Å². The Morgan fingerprint density at radius 2 is 1.90 bits per heavy atom. The lowest BCUT2D eigenvalue weighted by atomic mass is 10.1. The number of hydrogen-bond acceptors (Lipinski definition) is 3. The van der Waals surface area contributed by atoms with Crippen LogP contribution in [0.5, 0.6) is 0 Å². The number of ether oxygens (including phenoxy) is 1. The van der Waals surface area contributed by atoms with Crippen molar-refractivity contribution in [1.29, 1.82) is 0 Å². The first-order valence-corrected chi connectivity index (χ1v) is 6.67. The van der Waals surface area contributed by atoms with E-state index in [1.807, 2.05) is 38.1 Å². The number of nitrogens with zero attached hydrogens (tertiary/aromatic N) is 1. The highest BCUT2D eigenvalue weighted by Gasteiger charge is 2.14. The summed E-state index contributed by atoms with van der Waals surface area (Å²) in [5, 5.41) is 0. The summed E-state index contributed by atoms with van der Waals surface area (Å²) in [5.41, 5.74) is 2.13. The number of hydrogen-bond donors (Lipinski definition) is 0. The lowest BCUT2D eigenvalue weighted by Gasteiger charge is -2.18. The third-order valence-corrected chi connectivity index (χ3v) is 2.85. The van der Waals surface area contributed by atoms with E-state index in [1.54, 1.807) is 6.08 Å². The van der Waals surface area contributed by atoms with Gasteiger partial charge in [-0.05, 0) is 25.0 Å². The number of esters is 1. The monoisotopic (exact) mass is 275 g/mol. The number of rotatable bonds is 6. The summed E-state index contributed by atoms with van der Waals surface area (Å²) < 4.78 is 4.60. The van der Waals surface area contributed by atoms with E-state index in [2.05, 4.69) is 4.74 Å². The molecule has 0 spiro atoms. The largest absolute Gasteiger partial charge is 0.468 e. The summed E-state index contributed by atoms with van der Waals surface area (Å²) in [4.78, 5) is 24.8. The molecule has 4 heteroatoms. The zero-order valence-electron chi connectivity index (χ0n) is 12.3. The highest BCUT2D eigenvalue weighted by Crippen LogP contribution is 2.06. The Morgan fingerprint density at radius 3 is 2.45 bits per heavy atom. The molecular weight excluding hydrogens is 254 g/mol. The van der Waals surface area contributed by atoms with Gasteiger partial charge in [-0.3, -0.25) is 9.59 Å². The van der Waals surface area contributed by atoms with Crippen molar-refractivity contribution in [3.63, 3.8) is 0 Å². The number of carbonyl (C=O) groups excluding carboxylic acids is 2. The minimum atomic E-state index is -0.407. The van der Waals surface area contributed by atoms with Crippen molar-refractivity contribution in [3.05, 3.63) is 41.5 Å². The van der Waals surface area contributed by atoms with Crippen molar-refractivity contribution < 1.29 is 14.3 Å². The smallest absolute Gasteiger partial charge is 0.325 e. The fourth-order valence-electron chi connectivity index (χ4n) is 1.71. The molecule has 0 saturated carbocycles. The lowest BCUT2D eigenvalue weighted by molar-refractivity contribution is -0.145. The van der Waals surface area contributed by atoms with Crippen molar-refractivity contribution in [2.24, 2.45) is 0 Å². The van der Waals surface area contributed by atoms with Crippen molar-refractivity contribution in [1.82, 2.24) is 4.90 Å². The highest BCUT2D eigenvalue weighted by molar-refractivity contribution is 5.93. The van der Waals surface area contributed by atoms with Gasteiger partial charge in [0.2, 0.25) is 5.91 Å². The van der Waals surface area contributed by atoms with Crippen molar-refractivity contribution in [2.45, 2.75) is 20.3 Å². The molecule has 0 aliphatic rings. The van der Waals surface area contributed by atoms with Crippen LogP contribution in [0, 0.1) is 6.92 Å². The van der Waals surface area contributed by atoms with Crippen LogP contribution in [-0.4, -0.2) is 37.0 Å². The van der Waals surface area contributed by atoms with Gasteiger partial charge in [-0.25, -0.2) is 0 Å². The number of benzene rings is 1. The van der Waals surface area contributed by atoms with Crippen LogP contribution in [0.1, 0.15) is 24.5 Å². The predicted octanol–water partition coefficient (Wildman–Crippen LogP) is 2.42.